The lowest BCUT2D eigenvalue weighted by Crippen LogP contribution is -2.71. The smallest absolute Gasteiger partial charge is 0.217 e. The lowest BCUT2D eigenvalue weighted by Gasteiger charge is -2.51. The summed E-state index contributed by atoms with van der Waals surface area (Å²) in [5.41, 5.74) is 0. The quantitative estimate of drug-likeness (QED) is 0.0318. The van der Waals surface area contributed by atoms with Crippen molar-refractivity contribution in [2.24, 2.45) is 0 Å². The van der Waals surface area contributed by atoms with E-state index < -0.39 is 384 Å². The third-order valence-electron chi connectivity index (χ3n) is 22.0. The monoisotopic (exact) mass is 1750 g/mol. The van der Waals surface area contributed by atoms with Gasteiger partial charge in [-0.3, -0.25) is 14.4 Å². The molecule has 1 unspecified atom stereocenters. The van der Waals surface area contributed by atoms with E-state index in [1.165, 1.54) is 6.92 Å². The minimum Gasteiger partial charge on any atom is -0.394 e. The van der Waals surface area contributed by atoms with Crippen LogP contribution in [0.15, 0.2) is 0 Å². The molecule has 0 radical (unpaired) electrons. The number of nitrogens with one attached hydrogen (secondary N) is 3. The van der Waals surface area contributed by atoms with Crippen molar-refractivity contribution in [3.63, 3.8) is 0 Å². The molecule has 0 aromatic carbocycles. The van der Waals surface area contributed by atoms with Crippen molar-refractivity contribution in [1.82, 2.24) is 16.0 Å². The van der Waals surface area contributed by atoms with Crippen LogP contribution in [0.25, 0.3) is 0 Å². The zero-order valence-corrected chi connectivity index (χ0v) is 63.7. The topological polar surface area (TPSA) is 829 Å². The molecule has 3 amide bonds. The molecule has 53 heteroatoms. The fraction of sp³-hybridized carbons (Fsp3) is 0.955. The number of ether oxygens (including phenoxy) is 19. The number of aliphatic hydroxyl groups is 28. The van der Waals surface area contributed by atoms with E-state index in [0.29, 0.717) is 0 Å². The predicted octanol–water partition coefficient (Wildman–Crippen LogP) is -21.3. The molecule has 0 aromatic heterocycles. The lowest BCUT2D eigenvalue weighted by molar-refractivity contribution is -0.400. The lowest BCUT2D eigenvalue weighted by atomic mass is 9.93. The second-order valence-corrected chi connectivity index (χ2v) is 30.3. The van der Waals surface area contributed by atoms with Crippen molar-refractivity contribution >= 4 is 17.7 Å². The van der Waals surface area contributed by atoms with E-state index in [0.717, 1.165) is 20.8 Å². The summed E-state index contributed by atoms with van der Waals surface area (Å²) in [6.07, 6.45) is -97.8. The first kappa shape index (κ1) is 97.7. The molecule has 0 bridgehead atoms. The molecule has 31 N–H and O–H groups in total. The van der Waals surface area contributed by atoms with Crippen LogP contribution in [0.2, 0.25) is 0 Å². The van der Waals surface area contributed by atoms with Crippen LogP contribution in [0.4, 0.5) is 0 Å². The summed E-state index contributed by atoms with van der Waals surface area (Å²) >= 11 is 0. The van der Waals surface area contributed by atoms with Crippen molar-refractivity contribution in [3.8, 4) is 0 Å². The van der Waals surface area contributed by atoms with Crippen molar-refractivity contribution in [2.45, 2.75) is 335 Å². The molecule has 0 spiro atoms. The highest BCUT2D eigenvalue weighted by Gasteiger charge is 2.62. The molecule has 0 aromatic rings. The molecular weight excluding hydrogens is 1630 g/mol. The van der Waals surface area contributed by atoms with Gasteiger partial charge in [-0.05, 0) is 6.92 Å². The Morgan fingerprint density at radius 2 is 0.504 bits per heavy atom. The van der Waals surface area contributed by atoms with Crippen LogP contribution in [0.3, 0.4) is 0 Å². The molecule has 50 atom stereocenters. The molecule has 119 heavy (non-hydrogen) atoms. The average molecular weight is 1750 g/mol. The van der Waals surface area contributed by atoms with Gasteiger partial charge >= 0.3 is 0 Å². The number of carbonyl (C=O) groups excluding carboxylic acids is 3. The number of aliphatic hydroxyl groups excluding tert-OH is 28. The van der Waals surface area contributed by atoms with E-state index in [1.54, 1.807) is 0 Å². The summed E-state index contributed by atoms with van der Waals surface area (Å²) in [4.78, 5) is 38.6. The van der Waals surface area contributed by atoms with Crippen LogP contribution in [0, 0.1) is 0 Å². The molecule has 53 nitrogen and oxygen atoms in total. The van der Waals surface area contributed by atoms with E-state index in [1.807, 2.05) is 0 Å². The van der Waals surface area contributed by atoms with Gasteiger partial charge in [-0.1, -0.05) is 0 Å². The van der Waals surface area contributed by atoms with Crippen molar-refractivity contribution in [1.29, 1.82) is 0 Å². The standard InChI is InChI=1S/C66H111N3O50/c1-14-30(80)40(90)45(95)60(103-14)102-13-26-52(37(87)27(57(100)104-26)67-15(2)77)113-58-28(68-16(3)78)38(88)51(24(11-76)110-58)115-64-49(99)54(117-65-55(43(93)33(83)20(7-72)108-65)118-59-29(69-17(4)79)39(89)50(23(10-75)111-59)114-62-46(96)41(91)31(81)18(5-70)106-62)36(86)25(112-64)12-101-61-48(98)53(35(85)22(9-74)105-61)116-66-56(44(94)34(84)21(8-73)109-66)119-63-47(97)42(92)32(82)19(6-71)107-63/h14,18-66,70-76,80-100H,5-13H2,1-4H3,(H,67,77)(H,68,78)(H,69,79)/t14-,18-,19-,20-,21-,22-,23-,24-,25-,26-,27-,28-,29-,30+,31+,32-,33-,34-,35-,36-,37-,38-,39-,40+,41+,42+,43+,44+,45-,46-,47+,48+,49+,50-,51-,52-,53+,54+,55+,56+,57?,58+,59+,60+,61+,62+,63-,64+,65-,66-/m1/s1. The Morgan fingerprint density at radius 1 is 0.235 bits per heavy atom. The minimum absolute atomic E-state index is 0.842. The van der Waals surface area contributed by atoms with E-state index in [-0.39, 0.29) is 0 Å². The fourth-order valence-corrected chi connectivity index (χ4v) is 15.4. The van der Waals surface area contributed by atoms with Gasteiger partial charge < -0.3 is 249 Å². The van der Waals surface area contributed by atoms with Crippen LogP contribution in [-0.4, -0.2) is 527 Å². The maximum atomic E-state index is 13.2. The Labute approximate surface area is 673 Å². The van der Waals surface area contributed by atoms with Crippen molar-refractivity contribution in [3.05, 3.63) is 0 Å². The normalized spacial score (nSPS) is 50.7. The van der Waals surface area contributed by atoms with Crippen LogP contribution in [0.1, 0.15) is 27.7 Å². The van der Waals surface area contributed by atoms with Crippen molar-refractivity contribution in [2.75, 3.05) is 59.5 Å². The maximum absolute atomic E-state index is 13.2. The number of hydrogen-bond donors (Lipinski definition) is 31. The van der Waals surface area contributed by atoms with Gasteiger partial charge in [-0.2, -0.15) is 0 Å². The van der Waals surface area contributed by atoms with E-state index in [4.69, 9.17) is 90.0 Å². The molecular formula is C66H111N3O50. The number of rotatable bonds is 30. The molecule has 10 aliphatic rings. The third-order valence-corrected chi connectivity index (χ3v) is 22.0. The molecule has 0 saturated carbocycles. The second-order valence-electron chi connectivity index (χ2n) is 30.3. The summed E-state index contributed by atoms with van der Waals surface area (Å²) in [5, 5.41) is 318. The third kappa shape index (κ3) is 21.4. The Hall–Kier alpha value is -3.47. The summed E-state index contributed by atoms with van der Waals surface area (Å²) < 4.78 is 112. The fourth-order valence-electron chi connectivity index (χ4n) is 15.4. The molecule has 10 aliphatic heterocycles. The number of hydrogen-bond acceptors (Lipinski definition) is 50. The first-order chi connectivity index (χ1) is 56.3. The van der Waals surface area contributed by atoms with Gasteiger partial charge in [0.2, 0.25) is 17.7 Å². The maximum Gasteiger partial charge on any atom is 0.217 e. The Kier molecular flexibility index (Phi) is 34.8. The summed E-state index contributed by atoms with van der Waals surface area (Å²) in [5.74, 6) is -2.80. The van der Waals surface area contributed by atoms with Gasteiger partial charge in [0.25, 0.3) is 0 Å². The highest BCUT2D eigenvalue weighted by molar-refractivity contribution is 5.74. The minimum atomic E-state index is -2.61. The summed E-state index contributed by atoms with van der Waals surface area (Å²) in [6.45, 7) is -5.75. The van der Waals surface area contributed by atoms with Crippen LogP contribution in [-0.2, 0) is 104 Å². The highest BCUT2D eigenvalue weighted by Crippen LogP contribution is 2.41. The molecule has 10 fully saturated rings. The zero-order valence-electron chi connectivity index (χ0n) is 63.7. The molecule has 10 rings (SSSR count). The van der Waals surface area contributed by atoms with Gasteiger partial charge in [-0.25, -0.2) is 0 Å². The molecule has 0 aliphatic carbocycles. The van der Waals surface area contributed by atoms with Crippen LogP contribution < -0.4 is 16.0 Å². The van der Waals surface area contributed by atoms with E-state index >= 15 is 0 Å². The van der Waals surface area contributed by atoms with Crippen LogP contribution >= 0.6 is 0 Å². The Bertz CT molecular complexity index is 3160. The SMILES string of the molecule is CC(=O)N[C@H]1[C@H](O[C@H]2[C@H](O)[C@@H](NC(C)=O)C(O)O[C@@H]2CO[C@H]2O[C@H](C)[C@H](O)[C@H](O)[C@H]2O)O[C@H](CO)[C@@H](O[C@@H]2O[C@H](CO[C@H]3O[C@H](CO)[C@@H](O)[C@H](O[C@H]4O[C@H](CO)[C@@H](O)[C@H](O)[C@@H]4O[C@H]4O[C@H](CO)[C@@H](O)[C@H](O)[C@@H]4O)[C@@H]3O)[C@@H](O)[C@H](O[C@H]3O[C@H](CO)[C@@H](O)[C@H](O)[C@@H]3O[C@@H]3O[C@H](CO)[C@@H](O[C@@H]4O[C@H](CO)[C@H](O)[C@H](O)[C@H]4O)[C@H](O)[C@H]3NC(C)=O)[C@@H]2O)[C@@H]1O. The largest absolute Gasteiger partial charge is 0.394 e. The molecule has 10 saturated heterocycles. The van der Waals surface area contributed by atoms with Gasteiger partial charge in [0, 0.05) is 20.8 Å². The van der Waals surface area contributed by atoms with Gasteiger partial charge in [0.1, 0.15) is 238 Å². The second kappa shape index (κ2) is 42.4. The molecule has 10 heterocycles. The Balaban J connectivity index is 0.969. The first-order valence-electron chi connectivity index (χ1n) is 38.0. The zero-order chi connectivity index (χ0) is 87.5. The number of carbonyl (C=O) groups is 3. The van der Waals surface area contributed by atoms with Crippen molar-refractivity contribution < 1.29 is 247 Å². The van der Waals surface area contributed by atoms with Gasteiger partial charge in [-0.15, -0.1) is 0 Å². The van der Waals surface area contributed by atoms with E-state index in [9.17, 15) is 157 Å². The summed E-state index contributed by atoms with van der Waals surface area (Å²) in [7, 11) is 0. The molecule has 690 valence electrons. The Morgan fingerprint density at radius 3 is 0.924 bits per heavy atom. The van der Waals surface area contributed by atoms with E-state index in [2.05, 4.69) is 16.0 Å². The summed E-state index contributed by atoms with van der Waals surface area (Å²) in [6, 6.07) is -5.74. The highest BCUT2D eigenvalue weighted by atomic mass is 16.8. The van der Waals surface area contributed by atoms with Gasteiger partial charge in [0.05, 0.1) is 65.6 Å². The number of amides is 3. The average Bonchev–Trinajstić information content (AvgIpc) is 0.769. The predicted molar refractivity (Wildman–Crippen MR) is 363 cm³/mol. The first-order valence-corrected chi connectivity index (χ1v) is 38.0. The van der Waals surface area contributed by atoms with Crippen LogP contribution in [0.5, 0.6) is 0 Å². The van der Waals surface area contributed by atoms with Gasteiger partial charge in [0.15, 0.2) is 62.9 Å².